The number of hydrogen-bond acceptors (Lipinski definition) is 5. The summed E-state index contributed by atoms with van der Waals surface area (Å²) in [5.74, 6) is 0.868. The summed E-state index contributed by atoms with van der Waals surface area (Å²) in [5, 5.41) is 10.5. The van der Waals surface area contributed by atoms with Crippen molar-refractivity contribution in [1.82, 2.24) is 19.5 Å². The van der Waals surface area contributed by atoms with Crippen molar-refractivity contribution in [2.75, 3.05) is 18.0 Å². The first kappa shape index (κ1) is 15.9. The molecule has 2 aromatic heterocycles. The minimum absolute atomic E-state index is 0.128. The molecule has 3 rings (SSSR count). The van der Waals surface area contributed by atoms with Crippen molar-refractivity contribution >= 4 is 5.82 Å². The van der Waals surface area contributed by atoms with Gasteiger partial charge in [0.2, 0.25) is 0 Å². The van der Waals surface area contributed by atoms with Gasteiger partial charge in [0, 0.05) is 32.5 Å². The van der Waals surface area contributed by atoms with Crippen molar-refractivity contribution in [2.24, 2.45) is 13.0 Å². The Bertz CT molecular complexity index is 666. The molecule has 1 fully saturated rings. The third-order valence-electron chi connectivity index (χ3n) is 4.59. The zero-order valence-electron chi connectivity index (χ0n) is 13.5. The molecule has 1 aliphatic heterocycles. The molecule has 2 aromatic rings. The molecular weight excluding hydrogens is 297 g/mol. The highest BCUT2D eigenvalue weighted by Crippen LogP contribution is 2.32. The first-order valence-electron chi connectivity index (χ1n) is 8.01. The Kier molecular flexibility index (Phi) is 4.56. The average molecular weight is 319 g/mol. The molecule has 0 aliphatic carbocycles. The number of aromatic nitrogens is 4. The molecule has 0 saturated carbocycles. The van der Waals surface area contributed by atoms with Gasteiger partial charge in [0.05, 0.1) is 5.69 Å². The van der Waals surface area contributed by atoms with E-state index in [2.05, 4.69) is 15.0 Å². The number of aliphatic hydroxyl groups is 1. The minimum atomic E-state index is -0.585. The topological polar surface area (TPSA) is 67.1 Å². The molecule has 1 aliphatic rings. The van der Waals surface area contributed by atoms with E-state index in [1.54, 1.807) is 6.20 Å². The normalized spacial score (nSPS) is 17.5. The standard InChI is InChI=1S/C16H22FN5O/c1-3-12-13(17)15(20-10-19-12)22-7-4-11(5-8-22)14(23)16-18-6-9-21(16)2/h6,9-11,14,23H,3-5,7-8H2,1-2H3/t14-/m1/s1. The second-order valence-electron chi connectivity index (χ2n) is 5.98. The maximum Gasteiger partial charge on any atom is 0.187 e. The molecule has 124 valence electrons. The molecule has 7 heteroatoms. The number of piperidine rings is 1. The van der Waals surface area contributed by atoms with Crippen LogP contribution in [0.25, 0.3) is 0 Å². The molecule has 0 aromatic carbocycles. The maximum atomic E-state index is 14.4. The SMILES string of the molecule is CCc1ncnc(N2CCC([C@@H](O)c3nccn3C)CC2)c1F. The number of aryl methyl sites for hydroxylation is 2. The van der Waals surface area contributed by atoms with E-state index in [0.717, 1.165) is 12.8 Å². The van der Waals surface area contributed by atoms with E-state index in [9.17, 15) is 9.50 Å². The number of hydrogen-bond donors (Lipinski definition) is 1. The average Bonchev–Trinajstić information content (AvgIpc) is 3.01. The highest BCUT2D eigenvalue weighted by Gasteiger charge is 2.30. The third kappa shape index (κ3) is 3.06. The zero-order valence-corrected chi connectivity index (χ0v) is 13.5. The Morgan fingerprint density at radius 1 is 1.30 bits per heavy atom. The highest BCUT2D eigenvalue weighted by atomic mass is 19.1. The molecule has 0 bridgehead atoms. The molecule has 6 nitrogen and oxygen atoms in total. The van der Waals surface area contributed by atoms with Crippen molar-refractivity contribution in [3.63, 3.8) is 0 Å². The first-order chi connectivity index (χ1) is 11.1. The van der Waals surface area contributed by atoms with Gasteiger partial charge >= 0.3 is 0 Å². The van der Waals surface area contributed by atoms with Gasteiger partial charge in [0.15, 0.2) is 11.6 Å². The van der Waals surface area contributed by atoms with Gasteiger partial charge in [-0.15, -0.1) is 0 Å². The van der Waals surface area contributed by atoms with Gasteiger partial charge in [-0.3, -0.25) is 0 Å². The Labute approximate surface area is 135 Å². The van der Waals surface area contributed by atoms with E-state index < -0.39 is 6.10 Å². The lowest BCUT2D eigenvalue weighted by atomic mass is 9.90. The lowest BCUT2D eigenvalue weighted by molar-refractivity contribution is 0.0823. The Hall–Kier alpha value is -2.02. The zero-order chi connectivity index (χ0) is 16.4. The van der Waals surface area contributed by atoms with Crippen LogP contribution in [0.4, 0.5) is 10.2 Å². The predicted octanol–water partition coefficient (Wildman–Crippen LogP) is 1.86. The van der Waals surface area contributed by atoms with E-state index in [1.165, 1.54) is 6.33 Å². The van der Waals surface area contributed by atoms with E-state index in [4.69, 9.17) is 0 Å². The van der Waals surface area contributed by atoms with Crippen LogP contribution in [0.1, 0.15) is 37.4 Å². The fourth-order valence-electron chi connectivity index (χ4n) is 3.16. The second kappa shape index (κ2) is 6.62. The number of halogens is 1. The fourth-order valence-corrected chi connectivity index (χ4v) is 3.16. The van der Waals surface area contributed by atoms with E-state index >= 15 is 0 Å². The van der Waals surface area contributed by atoms with Crippen molar-refractivity contribution < 1.29 is 9.50 Å². The van der Waals surface area contributed by atoms with Gasteiger partial charge in [0.1, 0.15) is 18.3 Å². The molecule has 0 unspecified atom stereocenters. The number of rotatable bonds is 4. The molecule has 0 amide bonds. The molecule has 1 atom stereocenters. The fraction of sp³-hybridized carbons (Fsp3) is 0.562. The maximum absolute atomic E-state index is 14.4. The summed E-state index contributed by atoms with van der Waals surface area (Å²) < 4.78 is 16.2. The molecule has 0 radical (unpaired) electrons. The van der Waals surface area contributed by atoms with Crippen LogP contribution in [0.2, 0.25) is 0 Å². The van der Waals surface area contributed by atoms with Crippen molar-refractivity contribution in [3.05, 3.63) is 36.1 Å². The molecular formula is C16H22FN5O. The Morgan fingerprint density at radius 3 is 2.65 bits per heavy atom. The summed E-state index contributed by atoms with van der Waals surface area (Å²) in [7, 11) is 1.88. The van der Waals surface area contributed by atoms with Crippen molar-refractivity contribution in [3.8, 4) is 0 Å². The van der Waals surface area contributed by atoms with Gasteiger partial charge < -0.3 is 14.6 Å². The summed E-state index contributed by atoms with van der Waals surface area (Å²) in [4.78, 5) is 14.2. The van der Waals surface area contributed by atoms with Crippen LogP contribution >= 0.6 is 0 Å². The molecule has 23 heavy (non-hydrogen) atoms. The highest BCUT2D eigenvalue weighted by molar-refractivity contribution is 5.41. The van der Waals surface area contributed by atoms with E-state index in [1.807, 2.05) is 29.6 Å². The largest absolute Gasteiger partial charge is 0.385 e. The van der Waals surface area contributed by atoms with Crippen LogP contribution in [-0.4, -0.2) is 37.7 Å². The van der Waals surface area contributed by atoms with Crippen molar-refractivity contribution in [1.29, 1.82) is 0 Å². The summed E-state index contributed by atoms with van der Waals surface area (Å²) in [5.41, 5.74) is 0.449. The predicted molar refractivity (Wildman–Crippen MR) is 84.5 cm³/mol. The second-order valence-corrected chi connectivity index (χ2v) is 5.98. The molecule has 1 N–H and O–H groups in total. The summed E-state index contributed by atoms with van der Waals surface area (Å²) in [6, 6.07) is 0. The van der Waals surface area contributed by atoms with Crippen LogP contribution in [0.5, 0.6) is 0 Å². The monoisotopic (exact) mass is 319 g/mol. The van der Waals surface area contributed by atoms with Gasteiger partial charge in [-0.25, -0.2) is 19.3 Å². The Morgan fingerprint density at radius 2 is 2.04 bits per heavy atom. The van der Waals surface area contributed by atoms with Crippen LogP contribution in [0, 0.1) is 11.7 Å². The number of imidazole rings is 1. The summed E-state index contributed by atoms with van der Waals surface area (Å²) in [6.45, 7) is 3.22. The van der Waals surface area contributed by atoms with Gasteiger partial charge in [-0.05, 0) is 25.2 Å². The molecule has 0 spiro atoms. The number of anilines is 1. The van der Waals surface area contributed by atoms with Crippen LogP contribution in [0.3, 0.4) is 0 Å². The van der Waals surface area contributed by atoms with Crippen LogP contribution in [0.15, 0.2) is 18.7 Å². The van der Waals surface area contributed by atoms with Gasteiger partial charge in [0.25, 0.3) is 0 Å². The summed E-state index contributed by atoms with van der Waals surface area (Å²) >= 11 is 0. The van der Waals surface area contributed by atoms with Gasteiger partial charge in [-0.1, -0.05) is 6.92 Å². The molecule has 3 heterocycles. The first-order valence-corrected chi connectivity index (χ1v) is 8.01. The molecule has 1 saturated heterocycles. The smallest absolute Gasteiger partial charge is 0.187 e. The van der Waals surface area contributed by atoms with Crippen molar-refractivity contribution in [2.45, 2.75) is 32.3 Å². The summed E-state index contributed by atoms with van der Waals surface area (Å²) in [6.07, 6.45) is 6.46. The lowest BCUT2D eigenvalue weighted by Gasteiger charge is -2.34. The van der Waals surface area contributed by atoms with Crippen LogP contribution in [-0.2, 0) is 13.5 Å². The van der Waals surface area contributed by atoms with Crippen LogP contribution < -0.4 is 4.90 Å². The number of aliphatic hydroxyl groups excluding tert-OH is 1. The van der Waals surface area contributed by atoms with E-state index in [0.29, 0.717) is 36.8 Å². The Balaban J connectivity index is 1.68. The van der Waals surface area contributed by atoms with E-state index in [-0.39, 0.29) is 11.7 Å². The minimum Gasteiger partial charge on any atom is -0.385 e. The quantitative estimate of drug-likeness (QED) is 0.932. The number of nitrogens with zero attached hydrogens (tertiary/aromatic N) is 5. The van der Waals surface area contributed by atoms with Gasteiger partial charge in [-0.2, -0.15) is 0 Å². The third-order valence-corrected chi connectivity index (χ3v) is 4.59. The lowest BCUT2D eigenvalue weighted by Crippen LogP contribution is -2.37.